The van der Waals surface area contributed by atoms with Gasteiger partial charge in [-0.15, -0.1) is 6.58 Å². The average molecular weight is 752 g/mol. The molecule has 2 saturated carbocycles. The van der Waals surface area contributed by atoms with Crippen molar-refractivity contribution in [3.63, 3.8) is 0 Å². The van der Waals surface area contributed by atoms with E-state index in [9.17, 15) is 9.59 Å². The molecule has 54 heavy (non-hydrogen) atoms. The third-order valence-electron chi connectivity index (χ3n) is 12.1. The van der Waals surface area contributed by atoms with Crippen molar-refractivity contribution < 1.29 is 9.59 Å². The molecular weight excluding hydrogens is 667 g/mol. The third kappa shape index (κ3) is 15.3. The molecule has 7 nitrogen and oxygen atoms in total. The van der Waals surface area contributed by atoms with E-state index in [1.54, 1.807) is 13.1 Å². The van der Waals surface area contributed by atoms with Crippen LogP contribution in [0.3, 0.4) is 0 Å². The Morgan fingerprint density at radius 1 is 0.981 bits per heavy atom. The zero-order valence-electron chi connectivity index (χ0n) is 37.4. The lowest BCUT2D eigenvalue weighted by Crippen LogP contribution is -2.51. The molecule has 1 heterocycles. The molecule has 310 valence electrons. The second kappa shape index (κ2) is 22.0. The van der Waals surface area contributed by atoms with Gasteiger partial charge in [0, 0.05) is 43.9 Å². The van der Waals surface area contributed by atoms with Gasteiger partial charge in [-0.05, 0) is 98.7 Å². The highest BCUT2D eigenvalue weighted by Crippen LogP contribution is 2.66. The zero-order valence-corrected chi connectivity index (χ0v) is 37.4. The van der Waals surface area contributed by atoms with Crippen molar-refractivity contribution in [2.24, 2.45) is 39.9 Å². The van der Waals surface area contributed by atoms with Crippen LogP contribution < -0.4 is 21.3 Å². The second-order valence-electron chi connectivity index (χ2n) is 18.9. The number of hydrogen-bond acceptors (Lipinski definition) is 5. The molecule has 1 saturated heterocycles. The van der Waals surface area contributed by atoms with Gasteiger partial charge in [0.05, 0.1) is 17.9 Å². The van der Waals surface area contributed by atoms with Gasteiger partial charge in [0.2, 0.25) is 11.8 Å². The molecule has 0 spiro atoms. The summed E-state index contributed by atoms with van der Waals surface area (Å²) in [6.45, 7) is 49.4. The average Bonchev–Trinajstić information content (AvgIpc) is 3.95. The van der Waals surface area contributed by atoms with E-state index < -0.39 is 0 Å². The topological polar surface area (TPSA) is 85.5 Å². The largest absolute Gasteiger partial charge is 0.370 e. The number of nitrogens with one attached hydrogen (secondary N) is 4. The Balaban J connectivity index is 0.000000819. The minimum absolute atomic E-state index is 0.0182. The van der Waals surface area contributed by atoms with Gasteiger partial charge in [0.15, 0.2) is 0 Å². The molecule has 2 aliphatic carbocycles. The minimum atomic E-state index is -0.0402. The summed E-state index contributed by atoms with van der Waals surface area (Å²) in [6.07, 6.45) is 12.0. The predicted octanol–water partition coefficient (Wildman–Crippen LogP) is 10.3. The summed E-state index contributed by atoms with van der Waals surface area (Å²) in [5, 5.41) is 13.2. The van der Waals surface area contributed by atoms with Crippen molar-refractivity contribution in [1.29, 1.82) is 0 Å². The molecule has 0 aromatic carbocycles. The first-order chi connectivity index (χ1) is 25.1. The normalized spacial score (nSPS) is 21.3. The molecule has 3 fully saturated rings. The summed E-state index contributed by atoms with van der Waals surface area (Å²) < 4.78 is 0. The number of likely N-dealkylation sites (N-methyl/N-ethyl adjacent to an activating group) is 1. The Labute approximate surface area is 333 Å². The van der Waals surface area contributed by atoms with E-state index in [-0.39, 0.29) is 34.7 Å². The predicted molar refractivity (Wildman–Crippen MR) is 234 cm³/mol. The van der Waals surface area contributed by atoms with E-state index in [1.165, 1.54) is 18.4 Å². The van der Waals surface area contributed by atoms with Crippen LogP contribution in [0.2, 0.25) is 0 Å². The highest BCUT2D eigenvalue weighted by Gasteiger charge is 2.67. The summed E-state index contributed by atoms with van der Waals surface area (Å²) in [5.74, 6) is 3.47. The quantitative estimate of drug-likeness (QED) is 0.0693. The number of carbonyl (C=O) groups excluding carboxylic acids is 2. The van der Waals surface area contributed by atoms with Crippen LogP contribution in [0.5, 0.6) is 0 Å². The summed E-state index contributed by atoms with van der Waals surface area (Å²) in [4.78, 5) is 26.0. The van der Waals surface area contributed by atoms with Crippen molar-refractivity contribution in [1.82, 2.24) is 26.2 Å². The van der Waals surface area contributed by atoms with Gasteiger partial charge in [-0.1, -0.05) is 120 Å². The molecule has 6 atom stereocenters. The van der Waals surface area contributed by atoms with Gasteiger partial charge in [0.25, 0.3) is 0 Å². The highest BCUT2D eigenvalue weighted by atomic mass is 16.2. The van der Waals surface area contributed by atoms with Gasteiger partial charge in [-0.3, -0.25) is 9.59 Å². The van der Waals surface area contributed by atoms with Crippen LogP contribution >= 0.6 is 0 Å². The number of hydrogen-bond donors (Lipinski definition) is 4. The van der Waals surface area contributed by atoms with E-state index in [4.69, 9.17) is 0 Å². The molecular formula is C47H85N5O2. The standard InChI is InChI=1S/C34H60N4O.C10H19NO.C3H6/c1-13-33(9,10)19-26(15-14-16-28(39)35-20-25-17-18-25)36-24(5)37-31(32(6,7)8)23(4)38-21-27-29(34(27,11)12)30(38)22(2)3;1-5-7-9(6-2)8(3)10(12)11-4;1-3-2/h25-27,29-31,36-37H,2,4-5,13-21H2,1,3,6-12H3,(H,35,39);9H,3,5-7H2,1-2,4H3,(H,11,12);3H,1H2,2H3/t26-,27+,29+,30?,31?;;/m1../s1. The minimum Gasteiger partial charge on any atom is -0.370 e. The summed E-state index contributed by atoms with van der Waals surface area (Å²) >= 11 is 0. The van der Waals surface area contributed by atoms with Gasteiger partial charge < -0.3 is 26.2 Å². The van der Waals surface area contributed by atoms with Crippen molar-refractivity contribution in [3.8, 4) is 0 Å². The maximum atomic E-state index is 12.3. The maximum absolute atomic E-state index is 12.3. The van der Waals surface area contributed by atoms with Crippen molar-refractivity contribution in [2.75, 3.05) is 20.1 Å². The van der Waals surface area contributed by atoms with Crippen LogP contribution in [0.4, 0.5) is 0 Å². The van der Waals surface area contributed by atoms with Gasteiger partial charge in [-0.2, -0.15) is 0 Å². The summed E-state index contributed by atoms with van der Waals surface area (Å²) in [7, 11) is 1.65. The van der Waals surface area contributed by atoms with Crippen LogP contribution in [-0.2, 0) is 9.59 Å². The Bertz CT molecular complexity index is 1270. The van der Waals surface area contributed by atoms with E-state index in [2.05, 4.69) is 135 Å². The number of rotatable bonds is 21. The summed E-state index contributed by atoms with van der Waals surface area (Å²) in [5.41, 5.74) is 3.67. The molecule has 2 amide bonds. The Morgan fingerprint density at radius 3 is 2.04 bits per heavy atom. The first-order valence-corrected chi connectivity index (χ1v) is 21.1. The van der Waals surface area contributed by atoms with Crippen LogP contribution in [-0.4, -0.2) is 55.0 Å². The Hall–Kier alpha value is -2.96. The Morgan fingerprint density at radius 2 is 1.57 bits per heavy atom. The van der Waals surface area contributed by atoms with E-state index in [0.717, 1.165) is 81.0 Å². The lowest BCUT2D eigenvalue weighted by atomic mass is 9.82. The lowest BCUT2D eigenvalue weighted by molar-refractivity contribution is -0.121. The molecule has 7 heteroatoms. The number of piperidine rings is 1. The Kier molecular flexibility index (Phi) is 19.9. The molecule has 3 rings (SSSR count). The smallest absolute Gasteiger partial charge is 0.246 e. The van der Waals surface area contributed by atoms with Crippen molar-refractivity contribution in [3.05, 3.63) is 61.6 Å². The second-order valence-corrected chi connectivity index (χ2v) is 18.9. The zero-order chi connectivity index (χ0) is 41.6. The number of carbonyl (C=O) groups is 2. The molecule has 0 aromatic heterocycles. The van der Waals surface area contributed by atoms with Crippen LogP contribution in [0, 0.1) is 39.9 Å². The van der Waals surface area contributed by atoms with Crippen molar-refractivity contribution in [2.45, 2.75) is 165 Å². The molecule has 0 aromatic rings. The fourth-order valence-electron chi connectivity index (χ4n) is 8.11. The molecule has 0 radical (unpaired) electrons. The van der Waals surface area contributed by atoms with E-state index in [0.29, 0.717) is 35.6 Å². The van der Waals surface area contributed by atoms with E-state index >= 15 is 0 Å². The fraction of sp³-hybridized carbons (Fsp3) is 0.745. The number of amides is 2. The van der Waals surface area contributed by atoms with Gasteiger partial charge in [-0.25, -0.2) is 0 Å². The van der Waals surface area contributed by atoms with Gasteiger partial charge >= 0.3 is 0 Å². The number of nitrogens with zero attached hydrogens (tertiary/aromatic N) is 1. The first-order valence-electron chi connectivity index (χ1n) is 21.1. The lowest BCUT2D eigenvalue weighted by Gasteiger charge is -2.43. The molecule has 0 bridgehead atoms. The number of fused-ring (bicyclic) bond motifs is 1. The summed E-state index contributed by atoms with van der Waals surface area (Å²) in [6, 6.07) is 0.663. The molecule has 3 aliphatic rings. The van der Waals surface area contributed by atoms with Crippen LogP contribution in [0.15, 0.2) is 61.6 Å². The molecule has 4 N–H and O–H groups in total. The van der Waals surface area contributed by atoms with Crippen LogP contribution in [0.1, 0.15) is 147 Å². The first kappa shape index (κ1) is 49.1. The number of allylic oxidation sites excluding steroid dienone is 1. The van der Waals surface area contributed by atoms with Crippen LogP contribution in [0.25, 0.3) is 0 Å². The monoisotopic (exact) mass is 752 g/mol. The fourth-order valence-corrected chi connectivity index (χ4v) is 8.11. The molecule has 1 aliphatic heterocycles. The van der Waals surface area contributed by atoms with Gasteiger partial charge in [0.1, 0.15) is 0 Å². The third-order valence-corrected chi connectivity index (χ3v) is 12.1. The SMILES string of the molecule is C=C(C(=O)NC)C(CC)CCC.C=C(NC(C(=C)N1C[C@H]2[C@@H](C1C(=C)C)C2(C)C)C(C)(C)C)N[C@H](CCCC(=O)NCC1CC1)CC(C)(C)CC.C=CC. The van der Waals surface area contributed by atoms with Crippen molar-refractivity contribution >= 4 is 11.8 Å². The maximum Gasteiger partial charge on any atom is 0.246 e. The number of likely N-dealkylation sites (tertiary alicyclic amines) is 1. The highest BCUT2D eigenvalue weighted by molar-refractivity contribution is 5.92. The van der Waals surface area contributed by atoms with E-state index in [1.807, 2.05) is 6.92 Å². The molecule has 3 unspecified atom stereocenters.